The van der Waals surface area contributed by atoms with Gasteiger partial charge < -0.3 is 5.32 Å². The lowest BCUT2D eigenvalue weighted by atomic mass is 9.75. The van der Waals surface area contributed by atoms with Gasteiger partial charge in [-0.05, 0) is 86.4 Å². The first-order chi connectivity index (χ1) is 15.8. The third kappa shape index (κ3) is 3.93. The summed E-state index contributed by atoms with van der Waals surface area (Å²) in [6.45, 7) is 6.57. The van der Waals surface area contributed by atoms with Gasteiger partial charge in [0.2, 0.25) is 10.0 Å². The van der Waals surface area contributed by atoms with E-state index in [4.69, 9.17) is 0 Å². The minimum Gasteiger partial charge on any atom is -0.378 e. The number of aryl methyl sites for hydroxylation is 3. The normalized spacial score (nSPS) is 25.1. The fourth-order valence-corrected chi connectivity index (χ4v) is 7.96. The number of anilines is 1. The molecule has 5 heteroatoms. The molecule has 0 amide bonds. The molecule has 1 heterocycles. The van der Waals surface area contributed by atoms with Crippen molar-refractivity contribution in [2.75, 3.05) is 12.4 Å². The standard InChI is InChI=1S/C28H36N2O2S/c1-18-15-19(2)27(20(3)16-18)28-24-12-8-11-23(24)25-17-22(13-14-26(25)29-28)33(31,32)30(4)21-9-6-5-7-10-21/h8,11,13-17,21,23-24,28-29H,5-7,9-10,12H2,1-4H3. The van der Waals surface area contributed by atoms with E-state index in [0.717, 1.165) is 43.4 Å². The number of allylic oxidation sites excluding steroid dienone is 2. The van der Waals surface area contributed by atoms with Crippen molar-refractivity contribution in [1.29, 1.82) is 0 Å². The Hall–Kier alpha value is -2.11. The maximum atomic E-state index is 13.5. The minimum atomic E-state index is -3.50. The van der Waals surface area contributed by atoms with Gasteiger partial charge in [0.25, 0.3) is 0 Å². The molecule has 1 aliphatic heterocycles. The van der Waals surface area contributed by atoms with E-state index >= 15 is 0 Å². The SMILES string of the molecule is Cc1cc(C)c(C2Nc3ccc(S(=O)(=O)N(C)C4CCCCC4)cc3C3C=CCC32)c(C)c1. The zero-order chi connectivity index (χ0) is 23.3. The maximum Gasteiger partial charge on any atom is 0.243 e. The van der Waals surface area contributed by atoms with E-state index in [-0.39, 0.29) is 18.0 Å². The second-order valence-electron chi connectivity index (χ2n) is 10.4. The van der Waals surface area contributed by atoms with Crippen molar-refractivity contribution in [2.45, 2.75) is 82.2 Å². The van der Waals surface area contributed by atoms with Crippen LogP contribution in [0, 0.1) is 26.7 Å². The molecule has 2 aliphatic carbocycles. The van der Waals surface area contributed by atoms with E-state index in [1.54, 1.807) is 17.4 Å². The summed E-state index contributed by atoms with van der Waals surface area (Å²) in [4.78, 5) is 0.427. The van der Waals surface area contributed by atoms with Crippen molar-refractivity contribution in [2.24, 2.45) is 5.92 Å². The number of nitrogens with zero attached hydrogens (tertiary/aromatic N) is 1. The fourth-order valence-electron chi connectivity index (χ4n) is 6.51. The molecular weight excluding hydrogens is 428 g/mol. The molecule has 1 N–H and O–H groups in total. The smallest absolute Gasteiger partial charge is 0.243 e. The van der Waals surface area contributed by atoms with Crippen LogP contribution in [-0.4, -0.2) is 25.8 Å². The van der Waals surface area contributed by atoms with Crippen LogP contribution in [-0.2, 0) is 10.0 Å². The highest BCUT2D eigenvalue weighted by atomic mass is 32.2. The van der Waals surface area contributed by atoms with Crippen molar-refractivity contribution >= 4 is 15.7 Å². The summed E-state index contributed by atoms with van der Waals surface area (Å²) in [6.07, 6.45) is 10.9. The van der Waals surface area contributed by atoms with Crippen molar-refractivity contribution in [3.8, 4) is 0 Å². The summed E-state index contributed by atoms with van der Waals surface area (Å²) >= 11 is 0. The van der Waals surface area contributed by atoms with Crippen molar-refractivity contribution in [1.82, 2.24) is 4.31 Å². The first kappa shape index (κ1) is 22.7. The summed E-state index contributed by atoms with van der Waals surface area (Å²) in [5, 5.41) is 3.81. The Morgan fingerprint density at radius 3 is 2.36 bits per heavy atom. The van der Waals surface area contributed by atoms with Crippen molar-refractivity contribution in [3.05, 3.63) is 70.3 Å². The highest BCUT2D eigenvalue weighted by molar-refractivity contribution is 7.89. The van der Waals surface area contributed by atoms with Gasteiger partial charge in [-0.25, -0.2) is 8.42 Å². The molecule has 0 spiro atoms. The second-order valence-corrected chi connectivity index (χ2v) is 12.3. The van der Waals surface area contributed by atoms with Gasteiger partial charge in [0, 0.05) is 24.7 Å². The monoisotopic (exact) mass is 464 g/mol. The lowest BCUT2D eigenvalue weighted by Crippen LogP contribution is -2.38. The van der Waals surface area contributed by atoms with Crippen LogP contribution in [0.2, 0.25) is 0 Å². The van der Waals surface area contributed by atoms with Gasteiger partial charge in [0.15, 0.2) is 0 Å². The average Bonchev–Trinajstić information content (AvgIpc) is 3.28. The van der Waals surface area contributed by atoms with Crippen LogP contribution in [0.15, 0.2) is 47.4 Å². The van der Waals surface area contributed by atoms with Crippen LogP contribution in [0.25, 0.3) is 0 Å². The summed E-state index contributed by atoms with van der Waals surface area (Å²) in [6, 6.07) is 10.6. The van der Waals surface area contributed by atoms with Gasteiger partial charge in [-0.1, -0.05) is 49.1 Å². The van der Waals surface area contributed by atoms with Crippen LogP contribution in [0.5, 0.6) is 0 Å². The molecule has 2 aromatic rings. The van der Waals surface area contributed by atoms with Gasteiger partial charge in [0.1, 0.15) is 0 Å². The van der Waals surface area contributed by atoms with Gasteiger partial charge >= 0.3 is 0 Å². The number of sulfonamides is 1. The molecule has 33 heavy (non-hydrogen) atoms. The molecular formula is C28H36N2O2S. The predicted octanol–water partition coefficient (Wildman–Crippen LogP) is 6.39. The third-order valence-corrected chi connectivity index (χ3v) is 10.1. The van der Waals surface area contributed by atoms with Gasteiger partial charge in [0.05, 0.1) is 10.9 Å². The summed E-state index contributed by atoms with van der Waals surface area (Å²) in [5.41, 5.74) is 7.51. The molecule has 2 aromatic carbocycles. The maximum absolute atomic E-state index is 13.5. The largest absolute Gasteiger partial charge is 0.378 e. The number of hydrogen-bond acceptors (Lipinski definition) is 3. The quantitative estimate of drug-likeness (QED) is 0.533. The summed E-state index contributed by atoms with van der Waals surface area (Å²) < 4.78 is 28.6. The molecule has 4 nitrogen and oxygen atoms in total. The van der Waals surface area contributed by atoms with Gasteiger partial charge in [-0.3, -0.25) is 0 Å². The molecule has 0 aromatic heterocycles. The van der Waals surface area contributed by atoms with E-state index < -0.39 is 10.0 Å². The predicted molar refractivity (Wildman–Crippen MR) is 135 cm³/mol. The molecule has 0 radical (unpaired) electrons. The molecule has 3 unspecified atom stereocenters. The topological polar surface area (TPSA) is 49.4 Å². The lowest BCUT2D eigenvalue weighted by Gasteiger charge is -2.39. The molecule has 3 atom stereocenters. The Kier molecular flexibility index (Phi) is 5.90. The highest BCUT2D eigenvalue weighted by Gasteiger charge is 2.40. The van der Waals surface area contributed by atoms with Gasteiger partial charge in [-0.15, -0.1) is 0 Å². The van der Waals surface area contributed by atoms with E-state index in [1.807, 2.05) is 12.1 Å². The van der Waals surface area contributed by atoms with Crippen molar-refractivity contribution in [3.63, 3.8) is 0 Å². The summed E-state index contributed by atoms with van der Waals surface area (Å²) in [5.74, 6) is 0.633. The van der Waals surface area contributed by atoms with E-state index in [2.05, 4.69) is 50.4 Å². The zero-order valence-corrected chi connectivity index (χ0v) is 21.1. The average molecular weight is 465 g/mol. The van der Waals surface area contributed by atoms with Crippen LogP contribution < -0.4 is 5.32 Å². The molecule has 1 saturated carbocycles. The van der Waals surface area contributed by atoms with E-state index in [0.29, 0.717) is 10.8 Å². The highest BCUT2D eigenvalue weighted by Crippen LogP contribution is 2.51. The Labute approximate surface area is 199 Å². The summed E-state index contributed by atoms with van der Waals surface area (Å²) in [7, 11) is -1.74. The minimum absolute atomic E-state index is 0.119. The number of benzene rings is 2. The Bertz CT molecular complexity index is 1170. The Morgan fingerprint density at radius 1 is 0.970 bits per heavy atom. The first-order valence-corrected chi connectivity index (χ1v) is 13.8. The number of hydrogen-bond donors (Lipinski definition) is 1. The van der Waals surface area contributed by atoms with Crippen LogP contribution >= 0.6 is 0 Å². The van der Waals surface area contributed by atoms with Crippen LogP contribution in [0.4, 0.5) is 5.69 Å². The Morgan fingerprint density at radius 2 is 1.67 bits per heavy atom. The van der Waals surface area contributed by atoms with E-state index in [9.17, 15) is 8.42 Å². The molecule has 3 aliphatic rings. The second kappa shape index (κ2) is 8.59. The molecule has 0 bridgehead atoms. The van der Waals surface area contributed by atoms with E-state index in [1.165, 1.54) is 28.7 Å². The lowest BCUT2D eigenvalue weighted by molar-refractivity contribution is 0.286. The molecule has 1 fully saturated rings. The van der Waals surface area contributed by atoms with Crippen molar-refractivity contribution < 1.29 is 8.42 Å². The van der Waals surface area contributed by atoms with Gasteiger partial charge in [-0.2, -0.15) is 4.31 Å². The molecule has 0 saturated heterocycles. The first-order valence-electron chi connectivity index (χ1n) is 12.4. The Balaban J connectivity index is 1.51. The molecule has 5 rings (SSSR count). The number of nitrogens with one attached hydrogen (secondary N) is 1. The van der Waals surface area contributed by atoms with Crippen LogP contribution in [0.3, 0.4) is 0 Å². The number of rotatable bonds is 4. The van der Waals surface area contributed by atoms with Crippen LogP contribution in [0.1, 0.15) is 78.3 Å². The molecule has 176 valence electrons. The number of fused-ring (bicyclic) bond motifs is 3. The third-order valence-electron chi connectivity index (χ3n) is 8.15. The fraction of sp³-hybridized carbons (Fsp3) is 0.500. The zero-order valence-electron chi connectivity index (χ0n) is 20.3.